The molecule has 2 aromatic carbocycles. The molecule has 0 aromatic heterocycles. The largest absolute Gasteiger partial charge is 0.497 e. The number of hydrogen-bond acceptors (Lipinski definition) is 5. The Balaban J connectivity index is 1.56. The first-order valence-electron chi connectivity index (χ1n) is 10.6. The summed E-state index contributed by atoms with van der Waals surface area (Å²) in [5.41, 5.74) is 1.83. The molecule has 0 bridgehead atoms. The first-order valence-corrected chi connectivity index (χ1v) is 12.1. The van der Waals surface area contributed by atoms with Crippen molar-refractivity contribution in [1.29, 1.82) is 0 Å². The van der Waals surface area contributed by atoms with Crippen LogP contribution in [0.1, 0.15) is 38.7 Å². The van der Waals surface area contributed by atoms with Gasteiger partial charge in [0.05, 0.1) is 18.0 Å². The number of piperidine rings is 1. The molecule has 1 fully saturated rings. The van der Waals surface area contributed by atoms with Gasteiger partial charge in [0, 0.05) is 18.3 Å². The Morgan fingerprint density at radius 2 is 1.81 bits per heavy atom. The van der Waals surface area contributed by atoms with E-state index in [0.717, 1.165) is 13.1 Å². The molecule has 1 aliphatic heterocycles. The molecular weight excluding hydrogens is 414 g/mol. The van der Waals surface area contributed by atoms with Crippen molar-refractivity contribution in [2.24, 2.45) is 0 Å². The highest BCUT2D eigenvalue weighted by atomic mass is 32.2. The van der Waals surface area contributed by atoms with E-state index in [-0.39, 0.29) is 4.90 Å². The van der Waals surface area contributed by atoms with E-state index in [4.69, 9.17) is 4.74 Å². The summed E-state index contributed by atoms with van der Waals surface area (Å²) in [6.45, 7) is 5.80. The fourth-order valence-electron chi connectivity index (χ4n) is 3.68. The molecule has 1 amide bonds. The Hall–Kier alpha value is -2.42. The molecule has 1 aliphatic rings. The highest BCUT2D eigenvalue weighted by Crippen LogP contribution is 2.20. The number of likely N-dealkylation sites (tertiary alicyclic amines) is 1. The summed E-state index contributed by atoms with van der Waals surface area (Å²) in [6.07, 6.45) is 3.77. The SMILES string of the molecule is COc1ccc(S(=O)(=O)N[C@@H](C)C(=O)Nc2ccc(CN3CCCCC3C)cc2)cc1. The number of carbonyl (C=O) groups excluding carboxylic acids is 1. The third-order valence-electron chi connectivity index (χ3n) is 5.64. The number of ether oxygens (including phenoxy) is 1. The average Bonchev–Trinajstić information content (AvgIpc) is 2.76. The highest BCUT2D eigenvalue weighted by Gasteiger charge is 2.22. The number of anilines is 1. The zero-order chi connectivity index (χ0) is 22.4. The van der Waals surface area contributed by atoms with Crippen LogP contribution in [0.25, 0.3) is 0 Å². The van der Waals surface area contributed by atoms with Gasteiger partial charge >= 0.3 is 0 Å². The number of nitrogens with zero attached hydrogens (tertiary/aromatic N) is 1. The zero-order valence-corrected chi connectivity index (χ0v) is 19.1. The van der Waals surface area contributed by atoms with Gasteiger partial charge in [-0.3, -0.25) is 9.69 Å². The van der Waals surface area contributed by atoms with E-state index in [1.165, 1.54) is 51.0 Å². The van der Waals surface area contributed by atoms with Gasteiger partial charge in [0.1, 0.15) is 5.75 Å². The number of rotatable bonds is 8. The molecule has 31 heavy (non-hydrogen) atoms. The van der Waals surface area contributed by atoms with Crippen LogP contribution >= 0.6 is 0 Å². The summed E-state index contributed by atoms with van der Waals surface area (Å²) in [5.74, 6) is 0.137. The van der Waals surface area contributed by atoms with Gasteiger partial charge in [0.15, 0.2) is 0 Å². The van der Waals surface area contributed by atoms with Crippen molar-refractivity contribution in [3.8, 4) is 5.75 Å². The number of benzene rings is 2. The maximum Gasteiger partial charge on any atom is 0.242 e. The summed E-state index contributed by atoms with van der Waals surface area (Å²) < 4.78 is 32.5. The van der Waals surface area contributed by atoms with Crippen LogP contribution in [0, 0.1) is 0 Å². The summed E-state index contributed by atoms with van der Waals surface area (Å²) in [6, 6.07) is 13.4. The van der Waals surface area contributed by atoms with E-state index >= 15 is 0 Å². The molecule has 0 saturated carbocycles. The fraction of sp³-hybridized carbons (Fsp3) is 0.435. The second kappa shape index (κ2) is 10.3. The third kappa shape index (κ3) is 6.29. The Kier molecular flexibility index (Phi) is 7.69. The fourth-order valence-corrected chi connectivity index (χ4v) is 4.88. The van der Waals surface area contributed by atoms with Crippen molar-refractivity contribution in [3.05, 3.63) is 54.1 Å². The lowest BCUT2D eigenvalue weighted by atomic mass is 10.0. The number of sulfonamides is 1. The van der Waals surface area contributed by atoms with Gasteiger partial charge in [0.25, 0.3) is 0 Å². The molecule has 168 valence electrons. The Bertz CT molecular complexity index is 975. The van der Waals surface area contributed by atoms with Crippen molar-refractivity contribution in [2.75, 3.05) is 19.0 Å². The number of carbonyl (C=O) groups is 1. The van der Waals surface area contributed by atoms with E-state index in [9.17, 15) is 13.2 Å². The second-order valence-electron chi connectivity index (χ2n) is 8.02. The predicted molar refractivity (Wildman–Crippen MR) is 122 cm³/mol. The van der Waals surface area contributed by atoms with Crippen molar-refractivity contribution in [1.82, 2.24) is 9.62 Å². The van der Waals surface area contributed by atoms with Gasteiger partial charge in [-0.05, 0) is 75.2 Å². The van der Waals surface area contributed by atoms with Gasteiger partial charge in [-0.15, -0.1) is 0 Å². The van der Waals surface area contributed by atoms with Crippen LogP contribution in [0.15, 0.2) is 53.4 Å². The molecule has 2 atom stereocenters. The maximum atomic E-state index is 12.5. The van der Waals surface area contributed by atoms with Gasteiger partial charge in [-0.25, -0.2) is 8.42 Å². The lowest BCUT2D eigenvalue weighted by Crippen LogP contribution is -2.41. The minimum absolute atomic E-state index is 0.0734. The first kappa shape index (κ1) is 23.2. The molecular formula is C23H31N3O4S. The highest BCUT2D eigenvalue weighted by molar-refractivity contribution is 7.89. The topological polar surface area (TPSA) is 87.7 Å². The molecule has 2 N–H and O–H groups in total. The maximum absolute atomic E-state index is 12.5. The molecule has 0 radical (unpaired) electrons. The van der Waals surface area contributed by atoms with Gasteiger partial charge in [0.2, 0.25) is 15.9 Å². The van der Waals surface area contributed by atoms with Crippen molar-refractivity contribution >= 4 is 21.6 Å². The van der Waals surface area contributed by atoms with Crippen LogP contribution < -0.4 is 14.8 Å². The van der Waals surface area contributed by atoms with Crippen LogP contribution in [0.2, 0.25) is 0 Å². The van der Waals surface area contributed by atoms with Crippen molar-refractivity contribution < 1.29 is 17.9 Å². The Morgan fingerprint density at radius 1 is 1.13 bits per heavy atom. The molecule has 1 unspecified atom stereocenters. The third-order valence-corrected chi connectivity index (χ3v) is 7.20. The standard InChI is InChI=1S/C23H31N3O4S/c1-17-6-4-5-15-26(17)16-19-7-9-20(10-8-19)24-23(27)18(2)25-31(28,29)22-13-11-21(30-3)12-14-22/h7-14,17-18,25H,4-6,15-16H2,1-3H3,(H,24,27)/t17?,18-/m0/s1. The number of amides is 1. The monoisotopic (exact) mass is 445 g/mol. The van der Waals surface area contributed by atoms with Crippen LogP contribution in [-0.4, -0.2) is 45.0 Å². The second-order valence-corrected chi connectivity index (χ2v) is 9.73. The summed E-state index contributed by atoms with van der Waals surface area (Å²) in [4.78, 5) is 15.1. The number of methoxy groups -OCH3 is 1. The average molecular weight is 446 g/mol. The number of hydrogen-bond donors (Lipinski definition) is 2. The molecule has 3 rings (SSSR count). The Morgan fingerprint density at radius 3 is 2.42 bits per heavy atom. The minimum Gasteiger partial charge on any atom is -0.497 e. The van der Waals surface area contributed by atoms with Crippen molar-refractivity contribution in [3.63, 3.8) is 0 Å². The number of nitrogens with one attached hydrogen (secondary N) is 2. The first-order chi connectivity index (χ1) is 14.8. The minimum atomic E-state index is -3.82. The van der Waals surface area contributed by atoms with Crippen LogP contribution in [0.3, 0.4) is 0 Å². The zero-order valence-electron chi connectivity index (χ0n) is 18.3. The van der Waals surface area contributed by atoms with E-state index in [1.54, 1.807) is 12.1 Å². The molecule has 1 saturated heterocycles. The molecule has 0 aliphatic carbocycles. The molecule has 7 nitrogen and oxygen atoms in total. The smallest absolute Gasteiger partial charge is 0.242 e. The van der Waals surface area contributed by atoms with Gasteiger partial charge in [-0.1, -0.05) is 18.6 Å². The normalized spacial score (nSPS) is 18.4. The summed E-state index contributed by atoms with van der Waals surface area (Å²) >= 11 is 0. The predicted octanol–water partition coefficient (Wildman–Crippen LogP) is 3.38. The van der Waals surface area contributed by atoms with Crippen molar-refractivity contribution in [2.45, 2.75) is 56.6 Å². The molecule has 2 aromatic rings. The van der Waals surface area contributed by atoms with Crippen LogP contribution in [-0.2, 0) is 21.4 Å². The summed E-state index contributed by atoms with van der Waals surface area (Å²) in [7, 11) is -2.31. The van der Waals surface area contributed by atoms with E-state index in [1.807, 2.05) is 24.3 Å². The lowest BCUT2D eigenvalue weighted by molar-refractivity contribution is -0.117. The van der Waals surface area contributed by atoms with E-state index < -0.39 is 22.0 Å². The van der Waals surface area contributed by atoms with Crippen LogP contribution in [0.4, 0.5) is 5.69 Å². The Labute approximate surface area is 184 Å². The van der Waals surface area contributed by atoms with E-state index in [0.29, 0.717) is 17.5 Å². The van der Waals surface area contributed by atoms with Crippen LogP contribution in [0.5, 0.6) is 5.75 Å². The lowest BCUT2D eigenvalue weighted by Gasteiger charge is -2.33. The van der Waals surface area contributed by atoms with Gasteiger partial charge in [-0.2, -0.15) is 4.72 Å². The van der Waals surface area contributed by atoms with E-state index in [2.05, 4.69) is 21.9 Å². The molecule has 0 spiro atoms. The molecule has 8 heteroatoms. The summed E-state index contributed by atoms with van der Waals surface area (Å²) in [5, 5.41) is 2.77. The van der Waals surface area contributed by atoms with Gasteiger partial charge < -0.3 is 10.1 Å². The quantitative estimate of drug-likeness (QED) is 0.650. The molecule has 1 heterocycles.